The van der Waals surface area contributed by atoms with Crippen LogP contribution in [0, 0.1) is 11.8 Å². The van der Waals surface area contributed by atoms with Crippen molar-refractivity contribution in [3.05, 3.63) is 17.5 Å². The largest absolute Gasteiger partial charge is 0.391 e. The van der Waals surface area contributed by atoms with E-state index in [1.54, 1.807) is 6.07 Å². The van der Waals surface area contributed by atoms with E-state index in [-0.39, 0.29) is 29.9 Å². The third kappa shape index (κ3) is 4.25. The number of nitrogens with two attached hydrogens (primary N) is 1. The van der Waals surface area contributed by atoms with Gasteiger partial charge in [-0.15, -0.1) is 0 Å². The molecular weight excluding hydrogens is 368 g/mol. The van der Waals surface area contributed by atoms with Gasteiger partial charge in [0.25, 0.3) is 5.91 Å². The van der Waals surface area contributed by atoms with Crippen LogP contribution < -0.4 is 5.73 Å². The molecular formula is C21H34N6O2. The summed E-state index contributed by atoms with van der Waals surface area (Å²) in [6.45, 7) is 9.61. The summed E-state index contributed by atoms with van der Waals surface area (Å²) < 4.78 is 0. The van der Waals surface area contributed by atoms with Crippen LogP contribution in [-0.2, 0) is 0 Å². The van der Waals surface area contributed by atoms with Crippen LogP contribution in [0.5, 0.6) is 0 Å². The Hall–Kier alpha value is -1.77. The lowest BCUT2D eigenvalue weighted by molar-refractivity contribution is -0.0249. The second-order valence-electron chi connectivity index (χ2n) is 9.37. The summed E-state index contributed by atoms with van der Waals surface area (Å²) in [5, 5.41) is 10.8. The number of hydrogen-bond acceptors (Lipinski definition) is 7. The molecule has 0 aromatic carbocycles. The summed E-state index contributed by atoms with van der Waals surface area (Å²) in [7, 11) is 2.15. The van der Waals surface area contributed by atoms with Crippen molar-refractivity contribution in [3.63, 3.8) is 0 Å². The van der Waals surface area contributed by atoms with Crippen LogP contribution in [0.3, 0.4) is 0 Å². The molecule has 0 unspecified atom stereocenters. The number of piperazine rings is 1. The van der Waals surface area contributed by atoms with E-state index >= 15 is 0 Å². The molecule has 4 atom stereocenters. The first-order valence-electron chi connectivity index (χ1n) is 10.9. The van der Waals surface area contributed by atoms with Gasteiger partial charge in [-0.3, -0.25) is 9.69 Å². The average Bonchev–Trinajstić information content (AvgIpc) is 3.09. The number of fused-ring (bicyclic) bond motifs is 1. The van der Waals surface area contributed by atoms with Gasteiger partial charge in [0.05, 0.1) is 6.10 Å². The summed E-state index contributed by atoms with van der Waals surface area (Å²) in [6, 6.07) is 1.98. The van der Waals surface area contributed by atoms with Crippen molar-refractivity contribution in [1.82, 2.24) is 24.7 Å². The monoisotopic (exact) mass is 402 g/mol. The first-order valence-corrected chi connectivity index (χ1v) is 10.9. The Bertz CT molecular complexity index is 749. The topological polar surface area (TPSA) is 98.8 Å². The second-order valence-corrected chi connectivity index (χ2v) is 9.37. The van der Waals surface area contributed by atoms with E-state index in [1.807, 2.05) is 18.7 Å². The number of carbonyl (C=O) groups excluding carboxylic acids is 1. The van der Waals surface area contributed by atoms with Gasteiger partial charge in [0.1, 0.15) is 5.69 Å². The fraction of sp³-hybridized carbons (Fsp3) is 0.762. The van der Waals surface area contributed by atoms with Crippen molar-refractivity contribution in [2.45, 2.75) is 44.8 Å². The lowest BCUT2D eigenvalue weighted by atomic mass is 9.77. The zero-order valence-electron chi connectivity index (χ0n) is 17.8. The maximum Gasteiger partial charge on any atom is 0.272 e. The van der Waals surface area contributed by atoms with Crippen molar-refractivity contribution >= 4 is 11.9 Å². The highest BCUT2D eigenvalue weighted by Crippen LogP contribution is 2.39. The minimum absolute atomic E-state index is 0.0685. The third-order valence-electron chi connectivity index (χ3n) is 6.98. The number of rotatable bonds is 3. The number of anilines is 1. The van der Waals surface area contributed by atoms with Gasteiger partial charge in [0.15, 0.2) is 0 Å². The third-order valence-corrected chi connectivity index (χ3v) is 6.98. The highest BCUT2D eigenvalue weighted by molar-refractivity contribution is 5.93. The summed E-state index contributed by atoms with van der Waals surface area (Å²) >= 11 is 0. The molecule has 1 amide bonds. The fourth-order valence-electron chi connectivity index (χ4n) is 5.17. The number of likely N-dealkylation sites (tertiary alicyclic amines) is 1. The molecule has 8 heteroatoms. The highest BCUT2D eigenvalue weighted by atomic mass is 16.3. The molecule has 3 aliphatic rings. The van der Waals surface area contributed by atoms with Crippen LogP contribution in [0.25, 0.3) is 0 Å². The molecule has 3 fully saturated rings. The number of hydrogen-bond donors (Lipinski definition) is 2. The minimum Gasteiger partial charge on any atom is -0.391 e. The number of likely N-dealkylation sites (N-methyl/N-ethyl adjacent to an activating group) is 1. The van der Waals surface area contributed by atoms with Crippen molar-refractivity contribution in [3.8, 4) is 0 Å². The molecule has 1 aromatic rings. The fourth-order valence-corrected chi connectivity index (χ4v) is 5.17. The Morgan fingerprint density at radius 1 is 1.14 bits per heavy atom. The molecule has 2 aliphatic heterocycles. The van der Waals surface area contributed by atoms with E-state index in [0.717, 1.165) is 51.3 Å². The second kappa shape index (κ2) is 8.16. The molecule has 0 bridgehead atoms. The molecule has 1 saturated carbocycles. The normalized spacial score (nSPS) is 31.3. The lowest BCUT2D eigenvalue weighted by Gasteiger charge is -2.44. The van der Waals surface area contributed by atoms with E-state index in [1.165, 1.54) is 0 Å². The van der Waals surface area contributed by atoms with Crippen molar-refractivity contribution in [1.29, 1.82) is 0 Å². The van der Waals surface area contributed by atoms with Gasteiger partial charge >= 0.3 is 0 Å². The maximum absolute atomic E-state index is 13.1. The SMILES string of the molecule is CC(C)c1cc(C(=O)N2C[C@H]3C[C@@H](N4CCN(C)CC4)[C@H](O)C[C@H]3C2)nc(N)n1. The van der Waals surface area contributed by atoms with Gasteiger partial charge in [-0.2, -0.15) is 0 Å². The van der Waals surface area contributed by atoms with Crippen molar-refractivity contribution in [2.24, 2.45) is 11.8 Å². The first kappa shape index (κ1) is 20.5. The van der Waals surface area contributed by atoms with Crippen LogP contribution in [-0.4, -0.2) is 94.1 Å². The summed E-state index contributed by atoms with van der Waals surface area (Å²) in [5.41, 5.74) is 7.02. The molecule has 1 aromatic heterocycles. The number of nitrogens with zero attached hydrogens (tertiary/aromatic N) is 5. The Kier molecular flexibility index (Phi) is 5.77. The Morgan fingerprint density at radius 2 is 1.79 bits per heavy atom. The molecule has 1 aliphatic carbocycles. The van der Waals surface area contributed by atoms with E-state index in [2.05, 4.69) is 26.8 Å². The van der Waals surface area contributed by atoms with Crippen molar-refractivity contribution < 1.29 is 9.90 Å². The summed E-state index contributed by atoms with van der Waals surface area (Å²) in [5.74, 6) is 1.08. The van der Waals surface area contributed by atoms with Gasteiger partial charge in [0.2, 0.25) is 5.95 Å². The molecule has 8 nitrogen and oxygen atoms in total. The standard InChI is InChI=1S/C21H34N6O2/c1-13(2)16-10-17(24-21(22)23-16)20(29)27-11-14-8-18(19(28)9-15(14)12-27)26-6-4-25(3)5-7-26/h10,13-15,18-19,28H,4-9,11-12H2,1-3H3,(H2,22,23,24)/t14-,15+,18-,19-/m1/s1. The smallest absolute Gasteiger partial charge is 0.272 e. The maximum atomic E-state index is 13.1. The number of aliphatic hydroxyl groups is 1. The van der Waals surface area contributed by atoms with Gasteiger partial charge in [-0.05, 0) is 43.7 Å². The zero-order chi connectivity index (χ0) is 20.7. The molecule has 0 radical (unpaired) electrons. The molecule has 4 rings (SSSR count). The van der Waals surface area contributed by atoms with Crippen LogP contribution in [0.2, 0.25) is 0 Å². The minimum atomic E-state index is -0.308. The number of aromatic nitrogens is 2. The van der Waals surface area contributed by atoms with E-state index in [9.17, 15) is 9.90 Å². The molecule has 3 N–H and O–H groups in total. The van der Waals surface area contributed by atoms with Gasteiger partial charge in [0, 0.05) is 51.0 Å². The van der Waals surface area contributed by atoms with Crippen LogP contribution >= 0.6 is 0 Å². The first-order chi connectivity index (χ1) is 13.8. The lowest BCUT2D eigenvalue weighted by Crippen LogP contribution is -2.55. The predicted molar refractivity (Wildman–Crippen MR) is 112 cm³/mol. The van der Waals surface area contributed by atoms with Crippen molar-refractivity contribution in [2.75, 3.05) is 52.0 Å². The number of aliphatic hydroxyl groups excluding tert-OH is 1. The van der Waals surface area contributed by atoms with Gasteiger partial charge in [-0.25, -0.2) is 9.97 Å². The van der Waals surface area contributed by atoms with E-state index < -0.39 is 0 Å². The van der Waals surface area contributed by atoms with Gasteiger partial charge in [-0.1, -0.05) is 13.8 Å². The van der Waals surface area contributed by atoms with Crippen LogP contribution in [0.1, 0.15) is 48.8 Å². The number of amides is 1. The average molecular weight is 403 g/mol. The van der Waals surface area contributed by atoms with E-state index in [0.29, 0.717) is 24.1 Å². The summed E-state index contributed by atoms with van der Waals surface area (Å²) in [4.78, 5) is 28.3. The Labute approximate surface area is 173 Å². The molecule has 29 heavy (non-hydrogen) atoms. The number of nitrogen functional groups attached to an aromatic ring is 1. The molecule has 0 spiro atoms. The Balaban J connectivity index is 1.44. The summed E-state index contributed by atoms with van der Waals surface area (Å²) in [6.07, 6.45) is 1.42. The molecule has 2 saturated heterocycles. The highest BCUT2D eigenvalue weighted by Gasteiger charge is 2.45. The quantitative estimate of drug-likeness (QED) is 0.765. The van der Waals surface area contributed by atoms with Crippen LogP contribution in [0.4, 0.5) is 5.95 Å². The van der Waals surface area contributed by atoms with Crippen LogP contribution in [0.15, 0.2) is 6.07 Å². The van der Waals surface area contributed by atoms with E-state index in [4.69, 9.17) is 5.73 Å². The molecule has 3 heterocycles. The predicted octanol–water partition coefficient (Wildman–Crippen LogP) is 0.641. The zero-order valence-corrected chi connectivity index (χ0v) is 17.8. The molecule has 160 valence electrons. The Morgan fingerprint density at radius 3 is 2.45 bits per heavy atom. The van der Waals surface area contributed by atoms with Gasteiger partial charge < -0.3 is 20.6 Å². The number of carbonyl (C=O) groups is 1.